The van der Waals surface area contributed by atoms with Gasteiger partial charge in [0.1, 0.15) is 23.7 Å². The zero-order chi connectivity index (χ0) is 15.1. The number of anilines is 1. The van der Waals surface area contributed by atoms with Crippen molar-refractivity contribution in [3.8, 4) is 23.6 Å². The fourth-order valence-corrected chi connectivity index (χ4v) is 1.50. The first-order chi connectivity index (χ1) is 10.2. The lowest BCUT2D eigenvalue weighted by atomic mass is 10.3. The van der Waals surface area contributed by atoms with E-state index >= 15 is 0 Å². The van der Waals surface area contributed by atoms with Crippen LogP contribution in [-0.4, -0.2) is 5.71 Å². The number of benzene rings is 2. The van der Waals surface area contributed by atoms with E-state index in [4.69, 9.17) is 15.3 Å². The molecule has 102 valence electrons. The number of nitriles is 2. The van der Waals surface area contributed by atoms with Gasteiger partial charge in [0.15, 0.2) is 5.75 Å². The van der Waals surface area contributed by atoms with Gasteiger partial charge in [-0.2, -0.15) is 15.6 Å². The molecular formula is C15H9FN4O. The number of halogens is 1. The molecule has 0 aliphatic rings. The van der Waals surface area contributed by atoms with Crippen molar-refractivity contribution < 1.29 is 9.13 Å². The van der Waals surface area contributed by atoms with Crippen molar-refractivity contribution in [2.24, 2.45) is 5.10 Å². The van der Waals surface area contributed by atoms with Crippen LogP contribution in [0, 0.1) is 28.5 Å². The molecule has 2 aromatic rings. The minimum absolute atomic E-state index is 0.310. The predicted octanol–water partition coefficient (Wildman–Crippen LogP) is 3.43. The summed E-state index contributed by atoms with van der Waals surface area (Å²) in [5, 5.41) is 20.9. The topological polar surface area (TPSA) is 81.2 Å². The summed E-state index contributed by atoms with van der Waals surface area (Å²) < 4.78 is 18.7. The molecule has 0 atom stereocenters. The standard InChI is InChI=1S/C15H9FN4O/c16-11-4-3-5-13(8-11)21-15-7-2-1-6-14(15)20-19-12(9-17)10-18/h1-8,20H. The Morgan fingerprint density at radius 2 is 1.86 bits per heavy atom. The molecule has 0 heterocycles. The van der Waals surface area contributed by atoms with Gasteiger partial charge >= 0.3 is 0 Å². The summed E-state index contributed by atoms with van der Waals surface area (Å²) in [6.07, 6.45) is 0. The van der Waals surface area contributed by atoms with Gasteiger partial charge in [0.05, 0.1) is 5.69 Å². The highest BCUT2D eigenvalue weighted by Gasteiger charge is 2.05. The lowest BCUT2D eigenvalue weighted by molar-refractivity contribution is 0.478. The van der Waals surface area contributed by atoms with Crippen LogP contribution in [0.2, 0.25) is 0 Å². The molecule has 0 radical (unpaired) electrons. The third-order valence-corrected chi connectivity index (χ3v) is 2.41. The summed E-state index contributed by atoms with van der Waals surface area (Å²) in [6.45, 7) is 0. The van der Waals surface area contributed by atoms with Crippen LogP contribution in [0.5, 0.6) is 11.5 Å². The lowest BCUT2D eigenvalue weighted by Crippen LogP contribution is -1.98. The van der Waals surface area contributed by atoms with Crippen molar-refractivity contribution >= 4 is 11.4 Å². The molecule has 0 saturated heterocycles. The van der Waals surface area contributed by atoms with Gasteiger partial charge in [-0.25, -0.2) is 4.39 Å². The van der Waals surface area contributed by atoms with Crippen LogP contribution in [-0.2, 0) is 0 Å². The summed E-state index contributed by atoms with van der Waals surface area (Å²) in [5.74, 6) is 0.309. The van der Waals surface area contributed by atoms with E-state index in [1.54, 1.807) is 42.5 Å². The maximum Gasteiger partial charge on any atom is 0.237 e. The number of nitrogens with zero attached hydrogens (tertiary/aromatic N) is 3. The zero-order valence-electron chi connectivity index (χ0n) is 10.7. The Bertz CT molecular complexity index is 743. The molecule has 0 aromatic heterocycles. The van der Waals surface area contributed by atoms with Gasteiger partial charge in [-0.05, 0) is 24.3 Å². The fraction of sp³-hybridized carbons (Fsp3) is 0. The summed E-state index contributed by atoms with van der Waals surface area (Å²) >= 11 is 0. The van der Waals surface area contributed by atoms with E-state index in [1.807, 2.05) is 0 Å². The summed E-state index contributed by atoms with van der Waals surface area (Å²) in [7, 11) is 0. The summed E-state index contributed by atoms with van der Waals surface area (Å²) in [6, 6.07) is 15.7. The van der Waals surface area contributed by atoms with Gasteiger partial charge in [-0.15, -0.1) is 0 Å². The number of rotatable bonds is 4. The van der Waals surface area contributed by atoms with E-state index in [1.165, 1.54) is 18.2 Å². The van der Waals surface area contributed by atoms with Gasteiger partial charge in [0, 0.05) is 6.07 Å². The molecule has 2 aromatic carbocycles. The lowest BCUT2D eigenvalue weighted by Gasteiger charge is -2.10. The van der Waals surface area contributed by atoms with Crippen LogP contribution in [0.15, 0.2) is 53.6 Å². The van der Waals surface area contributed by atoms with Gasteiger partial charge < -0.3 is 4.74 Å². The van der Waals surface area contributed by atoms with Crippen molar-refractivity contribution in [3.63, 3.8) is 0 Å². The maximum absolute atomic E-state index is 13.1. The fourth-order valence-electron chi connectivity index (χ4n) is 1.50. The highest BCUT2D eigenvalue weighted by atomic mass is 19.1. The molecule has 0 saturated carbocycles. The summed E-state index contributed by atoms with van der Waals surface area (Å²) in [4.78, 5) is 0. The van der Waals surface area contributed by atoms with Crippen molar-refractivity contribution in [2.75, 3.05) is 5.43 Å². The van der Waals surface area contributed by atoms with E-state index < -0.39 is 5.82 Å². The number of nitrogens with one attached hydrogen (secondary N) is 1. The van der Waals surface area contributed by atoms with Crippen LogP contribution < -0.4 is 10.2 Å². The first kappa shape index (κ1) is 14.0. The quantitative estimate of drug-likeness (QED) is 0.687. The SMILES string of the molecule is N#CC(C#N)=NNc1ccccc1Oc1cccc(F)c1. The Balaban J connectivity index is 2.24. The largest absolute Gasteiger partial charge is 0.455 e. The van der Waals surface area contributed by atoms with E-state index in [-0.39, 0.29) is 5.71 Å². The van der Waals surface area contributed by atoms with Gasteiger partial charge in [0.25, 0.3) is 0 Å². The average molecular weight is 280 g/mol. The third-order valence-electron chi connectivity index (χ3n) is 2.41. The average Bonchev–Trinajstić information content (AvgIpc) is 2.50. The highest BCUT2D eigenvalue weighted by Crippen LogP contribution is 2.29. The smallest absolute Gasteiger partial charge is 0.237 e. The molecule has 0 unspecified atom stereocenters. The van der Waals surface area contributed by atoms with Crippen LogP contribution in [0.25, 0.3) is 0 Å². The van der Waals surface area contributed by atoms with Crippen LogP contribution in [0.1, 0.15) is 0 Å². The Morgan fingerprint density at radius 1 is 1.10 bits per heavy atom. The first-order valence-corrected chi connectivity index (χ1v) is 5.89. The van der Waals surface area contributed by atoms with Gasteiger partial charge in [-0.3, -0.25) is 5.43 Å². The molecular weight excluding hydrogens is 271 g/mol. The molecule has 2 rings (SSSR count). The minimum Gasteiger partial charge on any atom is -0.455 e. The first-order valence-electron chi connectivity index (χ1n) is 5.89. The number of hydrogen-bond donors (Lipinski definition) is 1. The van der Waals surface area contributed by atoms with Crippen molar-refractivity contribution in [1.29, 1.82) is 10.5 Å². The van der Waals surface area contributed by atoms with Crippen molar-refractivity contribution in [3.05, 3.63) is 54.3 Å². The van der Waals surface area contributed by atoms with Crippen molar-refractivity contribution in [1.82, 2.24) is 0 Å². The molecule has 0 fully saturated rings. The second kappa shape index (κ2) is 6.69. The van der Waals surface area contributed by atoms with Crippen LogP contribution >= 0.6 is 0 Å². The number of para-hydroxylation sites is 2. The Hall–Kier alpha value is -3.38. The molecule has 0 spiro atoms. The third kappa shape index (κ3) is 3.79. The van der Waals surface area contributed by atoms with Gasteiger partial charge in [-0.1, -0.05) is 18.2 Å². The predicted molar refractivity (Wildman–Crippen MR) is 75.2 cm³/mol. The second-order valence-corrected chi connectivity index (χ2v) is 3.85. The monoisotopic (exact) mass is 280 g/mol. The van der Waals surface area contributed by atoms with Crippen molar-refractivity contribution in [2.45, 2.75) is 0 Å². The van der Waals surface area contributed by atoms with E-state index in [0.29, 0.717) is 17.2 Å². The van der Waals surface area contributed by atoms with E-state index in [2.05, 4.69) is 10.5 Å². The number of hydrogen-bond acceptors (Lipinski definition) is 5. The normalized spacial score (nSPS) is 9.10. The summed E-state index contributed by atoms with van der Waals surface area (Å²) in [5.41, 5.74) is 2.71. The molecule has 5 nitrogen and oxygen atoms in total. The second-order valence-electron chi connectivity index (χ2n) is 3.85. The maximum atomic E-state index is 13.1. The van der Waals surface area contributed by atoms with E-state index in [0.717, 1.165) is 0 Å². The Morgan fingerprint density at radius 3 is 2.57 bits per heavy atom. The zero-order valence-corrected chi connectivity index (χ0v) is 10.7. The molecule has 0 bridgehead atoms. The van der Waals surface area contributed by atoms with Gasteiger partial charge in [0.2, 0.25) is 5.71 Å². The molecule has 1 N–H and O–H groups in total. The number of hydrazone groups is 1. The molecule has 6 heteroatoms. The minimum atomic E-state index is -0.410. The molecule has 0 aliphatic heterocycles. The highest BCUT2D eigenvalue weighted by molar-refractivity contribution is 6.10. The Kier molecular flexibility index (Phi) is 4.47. The molecule has 0 amide bonds. The van der Waals surface area contributed by atoms with E-state index in [9.17, 15) is 4.39 Å². The number of ether oxygens (including phenoxy) is 1. The van der Waals surface area contributed by atoms with Crippen LogP contribution in [0.3, 0.4) is 0 Å². The molecule has 0 aliphatic carbocycles. The Labute approximate surface area is 120 Å². The molecule has 21 heavy (non-hydrogen) atoms. The van der Waals surface area contributed by atoms with Crippen LogP contribution in [0.4, 0.5) is 10.1 Å².